The van der Waals surface area contributed by atoms with Crippen molar-refractivity contribution in [2.24, 2.45) is 0 Å². The van der Waals surface area contributed by atoms with E-state index in [1.165, 1.54) is 11.8 Å². The van der Waals surface area contributed by atoms with E-state index in [0.717, 1.165) is 4.90 Å². The SMILES string of the molecule is CSc1ccccc1C(=O)NC1(C(=O)O)CCOC1. The molecule has 0 saturated carbocycles. The van der Waals surface area contributed by atoms with Crippen LogP contribution in [-0.2, 0) is 9.53 Å². The largest absolute Gasteiger partial charge is 0.479 e. The van der Waals surface area contributed by atoms with Crippen molar-refractivity contribution in [2.75, 3.05) is 19.5 Å². The maximum Gasteiger partial charge on any atom is 0.331 e. The highest BCUT2D eigenvalue weighted by molar-refractivity contribution is 7.98. The Morgan fingerprint density at radius 3 is 2.74 bits per heavy atom. The highest BCUT2D eigenvalue weighted by Gasteiger charge is 2.44. The summed E-state index contributed by atoms with van der Waals surface area (Å²) in [6.07, 6.45) is 2.16. The Hall–Kier alpha value is -1.53. The molecule has 5 nitrogen and oxygen atoms in total. The van der Waals surface area contributed by atoms with Crippen molar-refractivity contribution >= 4 is 23.6 Å². The van der Waals surface area contributed by atoms with Crippen LogP contribution in [0.3, 0.4) is 0 Å². The molecule has 1 unspecified atom stereocenters. The van der Waals surface area contributed by atoms with E-state index < -0.39 is 11.5 Å². The Morgan fingerprint density at radius 1 is 1.42 bits per heavy atom. The molecule has 0 spiro atoms. The van der Waals surface area contributed by atoms with Crippen LogP contribution < -0.4 is 5.32 Å². The minimum Gasteiger partial charge on any atom is -0.479 e. The van der Waals surface area contributed by atoms with Crippen molar-refractivity contribution in [1.82, 2.24) is 5.32 Å². The van der Waals surface area contributed by atoms with E-state index in [1.54, 1.807) is 12.1 Å². The van der Waals surface area contributed by atoms with Gasteiger partial charge >= 0.3 is 5.97 Å². The van der Waals surface area contributed by atoms with Gasteiger partial charge in [0.1, 0.15) is 0 Å². The number of hydrogen-bond acceptors (Lipinski definition) is 4. The van der Waals surface area contributed by atoms with Gasteiger partial charge in [0.25, 0.3) is 5.91 Å². The van der Waals surface area contributed by atoms with E-state index in [-0.39, 0.29) is 18.9 Å². The summed E-state index contributed by atoms with van der Waals surface area (Å²) in [7, 11) is 0. The van der Waals surface area contributed by atoms with Crippen molar-refractivity contribution in [3.8, 4) is 0 Å². The van der Waals surface area contributed by atoms with Gasteiger partial charge in [-0.3, -0.25) is 4.79 Å². The number of ether oxygens (including phenoxy) is 1. The summed E-state index contributed by atoms with van der Waals surface area (Å²) in [6, 6.07) is 7.12. The van der Waals surface area contributed by atoms with E-state index in [9.17, 15) is 14.7 Å². The summed E-state index contributed by atoms with van der Waals surface area (Å²) in [5.74, 6) is -1.43. The highest BCUT2D eigenvalue weighted by Crippen LogP contribution is 2.23. The minimum atomic E-state index is -1.30. The van der Waals surface area contributed by atoms with E-state index in [0.29, 0.717) is 12.2 Å². The molecule has 1 amide bonds. The lowest BCUT2D eigenvalue weighted by molar-refractivity contribution is -0.144. The van der Waals surface area contributed by atoms with Crippen LogP contribution in [0.2, 0.25) is 0 Å². The summed E-state index contributed by atoms with van der Waals surface area (Å²) in [6.45, 7) is 0.353. The Labute approximate surface area is 115 Å². The van der Waals surface area contributed by atoms with Gasteiger partial charge < -0.3 is 15.2 Å². The average Bonchev–Trinajstić information content (AvgIpc) is 2.88. The van der Waals surface area contributed by atoms with Gasteiger partial charge in [-0.15, -0.1) is 11.8 Å². The first-order chi connectivity index (χ1) is 9.09. The van der Waals surface area contributed by atoms with E-state index in [4.69, 9.17) is 4.74 Å². The van der Waals surface area contributed by atoms with Gasteiger partial charge in [0, 0.05) is 17.9 Å². The van der Waals surface area contributed by atoms with Gasteiger partial charge in [-0.25, -0.2) is 4.79 Å². The van der Waals surface area contributed by atoms with Crippen molar-refractivity contribution in [1.29, 1.82) is 0 Å². The Kier molecular flexibility index (Phi) is 4.11. The van der Waals surface area contributed by atoms with Crippen molar-refractivity contribution in [3.63, 3.8) is 0 Å². The molecule has 2 N–H and O–H groups in total. The topological polar surface area (TPSA) is 75.6 Å². The molecule has 1 aliphatic heterocycles. The first-order valence-corrected chi connectivity index (χ1v) is 7.08. The van der Waals surface area contributed by atoms with Gasteiger partial charge in [-0.2, -0.15) is 0 Å². The first-order valence-electron chi connectivity index (χ1n) is 5.86. The Morgan fingerprint density at radius 2 is 2.16 bits per heavy atom. The molecular weight excluding hydrogens is 266 g/mol. The number of thioether (sulfide) groups is 1. The molecule has 0 aliphatic carbocycles. The van der Waals surface area contributed by atoms with Crippen LogP contribution in [0.5, 0.6) is 0 Å². The molecule has 2 rings (SSSR count). The predicted molar refractivity (Wildman–Crippen MR) is 71.5 cm³/mol. The molecule has 102 valence electrons. The third-order valence-corrected chi connectivity index (χ3v) is 3.93. The monoisotopic (exact) mass is 281 g/mol. The number of carboxylic acids is 1. The molecule has 6 heteroatoms. The lowest BCUT2D eigenvalue weighted by Crippen LogP contribution is -2.55. The van der Waals surface area contributed by atoms with Gasteiger partial charge in [0.2, 0.25) is 0 Å². The minimum absolute atomic E-state index is 0.00943. The maximum atomic E-state index is 12.2. The van der Waals surface area contributed by atoms with Crippen LogP contribution >= 0.6 is 11.8 Å². The number of nitrogens with one attached hydrogen (secondary N) is 1. The molecule has 1 heterocycles. The number of amides is 1. The molecule has 1 aliphatic rings. The van der Waals surface area contributed by atoms with Crippen molar-refractivity contribution in [3.05, 3.63) is 29.8 Å². The van der Waals surface area contributed by atoms with Crippen LogP contribution in [0.25, 0.3) is 0 Å². The van der Waals surface area contributed by atoms with E-state index in [2.05, 4.69) is 5.32 Å². The number of hydrogen-bond donors (Lipinski definition) is 2. The second kappa shape index (κ2) is 5.63. The molecule has 1 aromatic carbocycles. The molecular formula is C13H15NO4S. The number of aliphatic carboxylic acids is 1. The van der Waals surface area contributed by atoms with Gasteiger partial charge in [-0.05, 0) is 18.4 Å². The number of benzene rings is 1. The zero-order valence-electron chi connectivity index (χ0n) is 10.5. The summed E-state index contributed by atoms with van der Waals surface area (Å²) in [4.78, 5) is 24.4. The average molecular weight is 281 g/mol. The molecule has 0 aromatic heterocycles. The molecule has 1 fully saturated rings. The maximum absolute atomic E-state index is 12.2. The van der Waals surface area contributed by atoms with Gasteiger partial charge in [0.05, 0.1) is 12.2 Å². The van der Waals surface area contributed by atoms with Crippen LogP contribution in [0.4, 0.5) is 0 Å². The number of carbonyl (C=O) groups excluding carboxylic acids is 1. The third-order valence-electron chi connectivity index (χ3n) is 3.14. The molecule has 19 heavy (non-hydrogen) atoms. The smallest absolute Gasteiger partial charge is 0.331 e. The predicted octanol–water partition coefficient (Wildman–Crippen LogP) is 1.38. The molecule has 0 bridgehead atoms. The number of carbonyl (C=O) groups is 2. The molecule has 1 saturated heterocycles. The van der Waals surface area contributed by atoms with Crippen LogP contribution in [0.15, 0.2) is 29.2 Å². The zero-order chi connectivity index (χ0) is 13.9. The molecule has 0 radical (unpaired) electrons. The number of rotatable bonds is 4. The fraction of sp³-hybridized carbons (Fsp3) is 0.385. The van der Waals surface area contributed by atoms with Crippen LogP contribution in [0, 0.1) is 0 Å². The number of carboxylic acid groups (broad SMARTS) is 1. The quantitative estimate of drug-likeness (QED) is 0.816. The Bertz CT molecular complexity index is 497. The Balaban J connectivity index is 2.23. The second-order valence-electron chi connectivity index (χ2n) is 4.34. The summed E-state index contributed by atoms with van der Waals surface area (Å²) >= 11 is 1.45. The second-order valence-corrected chi connectivity index (χ2v) is 5.19. The summed E-state index contributed by atoms with van der Waals surface area (Å²) in [5.41, 5.74) is -0.815. The third kappa shape index (κ3) is 2.74. The molecule has 1 aromatic rings. The van der Waals surface area contributed by atoms with Gasteiger partial charge in [-0.1, -0.05) is 12.1 Å². The zero-order valence-corrected chi connectivity index (χ0v) is 11.3. The fourth-order valence-electron chi connectivity index (χ4n) is 2.00. The lowest BCUT2D eigenvalue weighted by atomic mass is 9.98. The van der Waals surface area contributed by atoms with Crippen molar-refractivity contribution in [2.45, 2.75) is 16.9 Å². The molecule has 1 atom stereocenters. The van der Waals surface area contributed by atoms with Gasteiger partial charge in [0.15, 0.2) is 5.54 Å². The lowest BCUT2D eigenvalue weighted by Gasteiger charge is -2.24. The fourth-order valence-corrected chi connectivity index (χ4v) is 2.60. The summed E-state index contributed by atoms with van der Waals surface area (Å²) < 4.78 is 5.11. The summed E-state index contributed by atoms with van der Waals surface area (Å²) in [5, 5.41) is 11.9. The normalized spacial score (nSPS) is 22.2. The van der Waals surface area contributed by atoms with Crippen molar-refractivity contribution < 1.29 is 19.4 Å². The van der Waals surface area contributed by atoms with Crippen LogP contribution in [0.1, 0.15) is 16.8 Å². The highest BCUT2D eigenvalue weighted by atomic mass is 32.2. The first kappa shape index (κ1) is 13.9. The van der Waals surface area contributed by atoms with E-state index >= 15 is 0 Å². The van der Waals surface area contributed by atoms with Crippen LogP contribution in [-0.4, -0.2) is 42.0 Å². The van der Waals surface area contributed by atoms with E-state index in [1.807, 2.05) is 18.4 Å². The standard InChI is InChI=1S/C13H15NO4S/c1-19-10-5-3-2-4-9(10)11(15)14-13(12(16)17)6-7-18-8-13/h2-5H,6-8H2,1H3,(H,14,15)(H,16,17).